The first kappa shape index (κ1) is 15.6. The van der Waals surface area contributed by atoms with Gasteiger partial charge >= 0.3 is 6.09 Å². The summed E-state index contributed by atoms with van der Waals surface area (Å²) >= 11 is 0. The largest absolute Gasteiger partial charge is 0.491 e. The van der Waals surface area contributed by atoms with Crippen molar-refractivity contribution in [1.82, 2.24) is 10.2 Å². The van der Waals surface area contributed by atoms with Crippen LogP contribution in [0, 0.1) is 0 Å². The van der Waals surface area contributed by atoms with Crippen LogP contribution in [-0.4, -0.2) is 59.6 Å². The second-order valence-corrected chi connectivity index (χ2v) is 5.23. The number of nitrogens with one attached hydrogen (secondary N) is 1. The normalized spacial score (nSPS) is 17.5. The Kier molecular flexibility index (Phi) is 5.83. The maximum atomic E-state index is 10.8. The van der Waals surface area contributed by atoms with Crippen molar-refractivity contribution in [3.05, 3.63) is 30.3 Å². The van der Waals surface area contributed by atoms with E-state index in [0.29, 0.717) is 19.6 Å². The number of aliphatic hydroxyl groups is 1. The number of piperidine rings is 1. The highest BCUT2D eigenvalue weighted by Gasteiger charge is 2.22. The number of carbonyl (C=O) groups is 1. The molecular weight excluding hydrogens is 272 g/mol. The van der Waals surface area contributed by atoms with Gasteiger partial charge < -0.3 is 25.2 Å². The Hall–Kier alpha value is -1.79. The average molecular weight is 294 g/mol. The van der Waals surface area contributed by atoms with E-state index >= 15 is 0 Å². The highest BCUT2D eigenvalue weighted by molar-refractivity contribution is 5.65. The summed E-state index contributed by atoms with van der Waals surface area (Å²) < 4.78 is 5.48. The average Bonchev–Trinajstić information content (AvgIpc) is 2.52. The zero-order valence-corrected chi connectivity index (χ0v) is 11.9. The minimum Gasteiger partial charge on any atom is -0.491 e. The maximum absolute atomic E-state index is 10.8. The number of likely N-dealkylation sites (tertiary alicyclic amines) is 1. The fraction of sp³-hybridized carbons (Fsp3) is 0.533. The topological polar surface area (TPSA) is 82.0 Å². The van der Waals surface area contributed by atoms with Crippen LogP contribution in [0.25, 0.3) is 0 Å². The Morgan fingerprint density at radius 1 is 1.33 bits per heavy atom. The molecule has 6 nitrogen and oxygen atoms in total. The number of para-hydroxylation sites is 1. The second-order valence-electron chi connectivity index (χ2n) is 5.23. The number of hydrogen-bond acceptors (Lipinski definition) is 4. The summed E-state index contributed by atoms with van der Waals surface area (Å²) in [7, 11) is 0. The lowest BCUT2D eigenvalue weighted by atomic mass is 10.1. The number of ether oxygens (including phenoxy) is 1. The molecule has 1 aromatic carbocycles. The van der Waals surface area contributed by atoms with Gasteiger partial charge in [0.1, 0.15) is 18.5 Å². The molecular formula is C15H22N2O4. The van der Waals surface area contributed by atoms with Gasteiger partial charge in [0.25, 0.3) is 0 Å². The number of carboxylic acid groups (broad SMARTS) is 1. The molecule has 1 fully saturated rings. The van der Waals surface area contributed by atoms with Gasteiger partial charge in [0.15, 0.2) is 0 Å². The number of rotatable bonds is 6. The fourth-order valence-electron chi connectivity index (χ4n) is 2.35. The number of benzene rings is 1. The van der Waals surface area contributed by atoms with Crippen LogP contribution in [0.15, 0.2) is 30.3 Å². The molecule has 2 rings (SSSR count). The van der Waals surface area contributed by atoms with Gasteiger partial charge in [0, 0.05) is 25.7 Å². The lowest BCUT2D eigenvalue weighted by Crippen LogP contribution is -2.46. The highest BCUT2D eigenvalue weighted by Crippen LogP contribution is 2.11. The molecule has 3 N–H and O–H groups in total. The summed E-state index contributed by atoms with van der Waals surface area (Å²) in [6.45, 7) is 1.78. The quantitative estimate of drug-likeness (QED) is 0.733. The third-order valence-electron chi connectivity index (χ3n) is 3.59. The van der Waals surface area contributed by atoms with Gasteiger partial charge in [-0.2, -0.15) is 0 Å². The van der Waals surface area contributed by atoms with Crippen LogP contribution < -0.4 is 10.1 Å². The number of hydrogen-bond donors (Lipinski definition) is 3. The van der Waals surface area contributed by atoms with E-state index in [-0.39, 0.29) is 12.6 Å². The Morgan fingerprint density at radius 2 is 2.00 bits per heavy atom. The fourth-order valence-corrected chi connectivity index (χ4v) is 2.35. The predicted octanol–water partition coefficient (Wildman–Crippen LogP) is 1.16. The van der Waals surface area contributed by atoms with E-state index in [9.17, 15) is 9.90 Å². The van der Waals surface area contributed by atoms with Crippen LogP contribution in [-0.2, 0) is 0 Å². The minimum atomic E-state index is -0.857. The van der Waals surface area contributed by atoms with Crippen LogP contribution in [0.1, 0.15) is 12.8 Å². The first-order chi connectivity index (χ1) is 10.1. The maximum Gasteiger partial charge on any atom is 0.407 e. The van der Waals surface area contributed by atoms with Gasteiger partial charge in [0.05, 0.1) is 0 Å². The Bertz CT molecular complexity index is 433. The molecule has 1 aromatic rings. The molecule has 0 radical (unpaired) electrons. The SMILES string of the molecule is O=C(O)N1CCC(NCC(O)COc2ccccc2)CC1. The zero-order chi connectivity index (χ0) is 15.1. The molecule has 0 aliphatic carbocycles. The number of amides is 1. The molecule has 1 atom stereocenters. The molecule has 0 aromatic heterocycles. The molecule has 1 unspecified atom stereocenters. The van der Waals surface area contributed by atoms with E-state index in [1.807, 2.05) is 30.3 Å². The lowest BCUT2D eigenvalue weighted by molar-refractivity contribution is 0.0963. The van der Waals surface area contributed by atoms with Crippen LogP contribution in [0.3, 0.4) is 0 Å². The molecule has 0 spiro atoms. The molecule has 0 saturated carbocycles. The van der Waals surface area contributed by atoms with Crippen LogP contribution in [0.5, 0.6) is 5.75 Å². The van der Waals surface area contributed by atoms with E-state index in [0.717, 1.165) is 18.6 Å². The molecule has 1 aliphatic heterocycles. The van der Waals surface area contributed by atoms with Gasteiger partial charge in [0.2, 0.25) is 0 Å². The van der Waals surface area contributed by atoms with E-state index in [1.165, 1.54) is 4.90 Å². The lowest BCUT2D eigenvalue weighted by Gasteiger charge is -2.31. The van der Waals surface area contributed by atoms with Crippen LogP contribution in [0.4, 0.5) is 4.79 Å². The third kappa shape index (κ3) is 5.24. The van der Waals surface area contributed by atoms with Gasteiger partial charge in [-0.3, -0.25) is 0 Å². The summed E-state index contributed by atoms with van der Waals surface area (Å²) in [6, 6.07) is 9.64. The van der Waals surface area contributed by atoms with Gasteiger partial charge in [-0.15, -0.1) is 0 Å². The smallest absolute Gasteiger partial charge is 0.407 e. The van der Waals surface area contributed by atoms with Gasteiger partial charge in [-0.25, -0.2) is 4.79 Å². The Morgan fingerprint density at radius 3 is 2.62 bits per heavy atom. The second kappa shape index (κ2) is 7.85. The standard InChI is InChI=1S/C15H22N2O4/c18-13(11-21-14-4-2-1-3-5-14)10-16-12-6-8-17(9-7-12)15(19)20/h1-5,12-13,16,18H,6-11H2,(H,19,20). The summed E-state index contributed by atoms with van der Waals surface area (Å²) in [4.78, 5) is 12.2. The predicted molar refractivity (Wildman–Crippen MR) is 78.6 cm³/mol. The van der Waals surface area contributed by atoms with E-state index in [1.54, 1.807) is 0 Å². The minimum absolute atomic E-state index is 0.241. The van der Waals surface area contributed by atoms with E-state index in [2.05, 4.69) is 5.32 Å². The van der Waals surface area contributed by atoms with Crippen molar-refractivity contribution in [2.75, 3.05) is 26.2 Å². The number of aliphatic hydroxyl groups excluding tert-OH is 1. The van der Waals surface area contributed by atoms with E-state index in [4.69, 9.17) is 9.84 Å². The van der Waals surface area contributed by atoms with Crippen molar-refractivity contribution in [2.45, 2.75) is 25.0 Å². The molecule has 116 valence electrons. The molecule has 6 heteroatoms. The Balaban J connectivity index is 1.61. The number of nitrogens with zero attached hydrogens (tertiary/aromatic N) is 1. The van der Waals surface area contributed by atoms with Crippen molar-refractivity contribution in [2.24, 2.45) is 0 Å². The molecule has 1 amide bonds. The Labute approximate surface area is 124 Å². The van der Waals surface area contributed by atoms with Crippen molar-refractivity contribution < 1.29 is 19.7 Å². The summed E-state index contributed by atoms with van der Waals surface area (Å²) in [5.41, 5.74) is 0. The van der Waals surface area contributed by atoms with Crippen molar-refractivity contribution in [3.63, 3.8) is 0 Å². The molecule has 1 aliphatic rings. The highest BCUT2D eigenvalue weighted by atomic mass is 16.5. The summed E-state index contributed by atoms with van der Waals surface area (Å²) in [5, 5.41) is 22.0. The molecule has 0 bridgehead atoms. The zero-order valence-electron chi connectivity index (χ0n) is 11.9. The van der Waals surface area contributed by atoms with Crippen LogP contribution in [0.2, 0.25) is 0 Å². The molecule has 1 heterocycles. The monoisotopic (exact) mass is 294 g/mol. The van der Waals surface area contributed by atoms with Gasteiger partial charge in [-0.1, -0.05) is 18.2 Å². The molecule has 21 heavy (non-hydrogen) atoms. The first-order valence-corrected chi connectivity index (χ1v) is 7.22. The first-order valence-electron chi connectivity index (χ1n) is 7.22. The van der Waals surface area contributed by atoms with Crippen LogP contribution >= 0.6 is 0 Å². The van der Waals surface area contributed by atoms with Crippen molar-refractivity contribution >= 4 is 6.09 Å². The van der Waals surface area contributed by atoms with Gasteiger partial charge in [-0.05, 0) is 25.0 Å². The van der Waals surface area contributed by atoms with Crippen molar-refractivity contribution in [1.29, 1.82) is 0 Å². The third-order valence-corrected chi connectivity index (χ3v) is 3.59. The summed E-state index contributed by atoms with van der Waals surface area (Å²) in [5.74, 6) is 0.742. The summed E-state index contributed by atoms with van der Waals surface area (Å²) in [6.07, 6.45) is 0.115. The van der Waals surface area contributed by atoms with Crippen molar-refractivity contribution in [3.8, 4) is 5.75 Å². The van der Waals surface area contributed by atoms with E-state index < -0.39 is 12.2 Å². The molecule has 1 saturated heterocycles.